The lowest BCUT2D eigenvalue weighted by molar-refractivity contribution is -0.121. The molecule has 0 unspecified atom stereocenters. The summed E-state index contributed by atoms with van der Waals surface area (Å²) in [4.78, 5) is 12.0. The molecule has 0 bridgehead atoms. The first-order chi connectivity index (χ1) is 10.6. The summed E-state index contributed by atoms with van der Waals surface area (Å²) in [5, 5.41) is 7.22. The van der Waals surface area contributed by atoms with E-state index in [1.807, 2.05) is 55.2 Å². The van der Waals surface area contributed by atoms with Crippen LogP contribution in [0.4, 0.5) is 0 Å². The summed E-state index contributed by atoms with van der Waals surface area (Å²) < 4.78 is 7.16. The van der Waals surface area contributed by atoms with Crippen molar-refractivity contribution in [1.29, 1.82) is 0 Å². The second kappa shape index (κ2) is 7.64. The molecule has 2 aromatic rings. The normalized spacial score (nSPS) is 12.0. The van der Waals surface area contributed by atoms with E-state index < -0.39 is 0 Å². The van der Waals surface area contributed by atoms with Crippen LogP contribution in [0.1, 0.15) is 30.5 Å². The van der Waals surface area contributed by atoms with Gasteiger partial charge in [-0.05, 0) is 37.5 Å². The summed E-state index contributed by atoms with van der Waals surface area (Å²) in [5.41, 5.74) is 2.17. The SMILES string of the molecule is COc1ccccc1CCC(=O)NC[C@H](C)n1cc(C)cn1. The van der Waals surface area contributed by atoms with Crippen molar-refractivity contribution >= 4 is 5.91 Å². The lowest BCUT2D eigenvalue weighted by Crippen LogP contribution is -2.29. The number of aromatic nitrogens is 2. The van der Waals surface area contributed by atoms with Crippen molar-refractivity contribution in [3.8, 4) is 5.75 Å². The van der Waals surface area contributed by atoms with Crippen molar-refractivity contribution in [2.75, 3.05) is 13.7 Å². The van der Waals surface area contributed by atoms with Gasteiger partial charge in [-0.1, -0.05) is 18.2 Å². The second-order valence-corrected chi connectivity index (χ2v) is 5.46. The summed E-state index contributed by atoms with van der Waals surface area (Å²) in [5.74, 6) is 0.873. The Labute approximate surface area is 131 Å². The number of ether oxygens (including phenoxy) is 1. The summed E-state index contributed by atoms with van der Waals surface area (Å²) in [6.07, 6.45) is 4.92. The van der Waals surface area contributed by atoms with Gasteiger partial charge in [-0.3, -0.25) is 9.48 Å². The first-order valence-corrected chi connectivity index (χ1v) is 7.49. The van der Waals surface area contributed by atoms with Crippen molar-refractivity contribution < 1.29 is 9.53 Å². The van der Waals surface area contributed by atoms with Crippen molar-refractivity contribution in [1.82, 2.24) is 15.1 Å². The van der Waals surface area contributed by atoms with E-state index in [2.05, 4.69) is 10.4 Å². The van der Waals surface area contributed by atoms with E-state index in [0.717, 1.165) is 16.9 Å². The van der Waals surface area contributed by atoms with Gasteiger partial charge in [-0.2, -0.15) is 5.10 Å². The minimum Gasteiger partial charge on any atom is -0.496 e. The van der Waals surface area contributed by atoms with E-state index in [9.17, 15) is 4.79 Å². The predicted molar refractivity (Wildman–Crippen MR) is 86.0 cm³/mol. The molecule has 0 saturated heterocycles. The van der Waals surface area contributed by atoms with E-state index >= 15 is 0 Å². The molecule has 5 nitrogen and oxygen atoms in total. The minimum atomic E-state index is 0.0432. The molecule has 0 saturated carbocycles. The average Bonchev–Trinajstić information content (AvgIpc) is 2.97. The number of para-hydroxylation sites is 1. The maximum Gasteiger partial charge on any atom is 0.220 e. The number of nitrogens with zero attached hydrogens (tertiary/aromatic N) is 2. The Morgan fingerprint density at radius 2 is 2.18 bits per heavy atom. The third-order valence-electron chi connectivity index (χ3n) is 3.59. The maximum absolute atomic E-state index is 12.0. The van der Waals surface area contributed by atoms with E-state index in [1.165, 1.54) is 0 Å². The number of carbonyl (C=O) groups is 1. The molecule has 2 rings (SSSR count). The molecular formula is C17H23N3O2. The average molecular weight is 301 g/mol. The van der Waals surface area contributed by atoms with Crippen LogP contribution < -0.4 is 10.1 Å². The summed E-state index contributed by atoms with van der Waals surface area (Å²) >= 11 is 0. The Morgan fingerprint density at radius 1 is 1.41 bits per heavy atom. The van der Waals surface area contributed by atoms with Crippen LogP contribution in [0, 0.1) is 6.92 Å². The van der Waals surface area contributed by atoms with Gasteiger partial charge in [0.05, 0.1) is 19.3 Å². The summed E-state index contributed by atoms with van der Waals surface area (Å²) in [6, 6.07) is 7.92. The molecule has 0 aliphatic rings. The molecule has 118 valence electrons. The molecular weight excluding hydrogens is 278 g/mol. The van der Waals surface area contributed by atoms with Crippen molar-refractivity contribution in [3.63, 3.8) is 0 Å². The molecule has 5 heteroatoms. The molecule has 0 aliphatic heterocycles. The molecule has 0 fully saturated rings. The number of hydrogen-bond acceptors (Lipinski definition) is 3. The van der Waals surface area contributed by atoms with E-state index in [4.69, 9.17) is 4.74 Å². The third-order valence-corrected chi connectivity index (χ3v) is 3.59. The molecule has 1 heterocycles. The standard InChI is InChI=1S/C17H23N3O2/c1-13-10-19-20(12-13)14(2)11-18-17(21)9-8-15-6-4-5-7-16(15)22-3/h4-7,10,12,14H,8-9,11H2,1-3H3,(H,18,21)/t14-/m0/s1. The summed E-state index contributed by atoms with van der Waals surface area (Å²) in [6.45, 7) is 4.61. The second-order valence-electron chi connectivity index (χ2n) is 5.46. The Hall–Kier alpha value is -2.30. The highest BCUT2D eigenvalue weighted by Gasteiger charge is 2.09. The number of hydrogen-bond donors (Lipinski definition) is 1. The van der Waals surface area contributed by atoms with Crippen LogP contribution in [0.15, 0.2) is 36.7 Å². The van der Waals surface area contributed by atoms with Crippen molar-refractivity contribution in [2.45, 2.75) is 32.7 Å². The van der Waals surface area contributed by atoms with Crippen LogP contribution >= 0.6 is 0 Å². The number of amides is 1. The van der Waals surface area contributed by atoms with Crippen LogP contribution in [0.5, 0.6) is 5.75 Å². The van der Waals surface area contributed by atoms with Gasteiger partial charge in [0.1, 0.15) is 5.75 Å². The van der Waals surface area contributed by atoms with Gasteiger partial charge in [0, 0.05) is 19.2 Å². The fraction of sp³-hybridized carbons (Fsp3) is 0.412. The van der Waals surface area contributed by atoms with Crippen molar-refractivity contribution in [3.05, 3.63) is 47.8 Å². The molecule has 1 amide bonds. The number of rotatable bonds is 7. The zero-order valence-corrected chi connectivity index (χ0v) is 13.4. The maximum atomic E-state index is 12.0. The highest BCUT2D eigenvalue weighted by molar-refractivity contribution is 5.76. The van der Waals surface area contributed by atoms with Crippen LogP contribution in [0.25, 0.3) is 0 Å². The molecule has 1 N–H and O–H groups in total. The van der Waals surface area contributed by atoms with Crippen molar-refractivity contribution in [2.24, 2.45) is 0 Å². The zero-order chi connectivity index (χ0) is 15.9. The van der Waals surface area contributed by atoms with Crippen LogP contribution in [0.3, 0.4) is 0 Å². The molecule has 0 radical (unpaired) electrons. The molecule has 1 atom stereocenters. The largest absolute Gasteiger partial charge is 0.496 e. The first kappa shape index (κ1) is 16.1. The lowest BCUT2D eigenvalue weighted by Gasteiger charge is -2.13. The van der Waals surface area contributed by atoms with Crippen LogP contribution in [-0.4, -0.2) is 29.3 Å². The van der Waals surface area contributed by atoms with Crippen LogP contribution in [-0.2, 0) is 11.2 Å². The predicted octanol–water partition coefficient (Wildman–Crippen LogP) is 2.51. The Balaban J connectivity index is 1.78. The first-order valence-electron chi connectivity index (χ1n) is 7.49. The number of benzene rings is 1. The molecule has 0 aliphatic carbocycles. The lowest BCUT2D eigenvalue weighted by atomic mass is 10.1. The Kier molecular flexibility index (Phi) is 5.58. The fourth-order valence-corrected chi connectivity index (χ4v) is 2.28. The molecule has 1 aromatic carbocycles. The minimum absolute atomic E-state index is 0.0432. The topological polar surface area (TPSA) is 56.1 Å². The molecule has 0 spiro atoms. The number of nitrogens with one attached hydrogen (secondary N) is 1. The van der Waals surface area contributed by atoms with E-state index in [0.29, 0.717) is 19.4 Å². The highest BCUT2D eigenvalue weighted by atomic mass is 16.5. The van der Waals surface area contributed by atoms with E-state index in [1.54, 1.807) is 7.11 Å². The van der Waals surface area contributed by atoms with Crippen LogP contribution in [0.2, 0.25) is 0 Å². The molecule has 1 aromatic heterocycles. The quantitative estimate of drug-likeness (QED) is 0.855. The number of methoxy groups -OCH3 is 1. The third kappa shape index (κ3) is 4.35. The van der Waals surface area contributed by atoms with Gasteiger partial charge >= 0.3 is 0 Å². The van der Waals surface area contributed by atoms with Gasteiger partial charge in [0.2, 0.25) is 5.91 Å². The van der Waals surface area contributed by atoms with E-state index in [-0.39, 0.29) is 11.9 Å². The number of carbonyl (C=O) groups excluding carboxylic acids is 1. The fourth-order valence-electron chi connectivity index (χ4n) is 2.28. The Morgan fingerprint density at radius 3 is 2.86 bits per heavy atom. The number of aryl methyl sites for hydroxylation is 2. The van der Waals surface area contributed by atoms with Gasteiger partial charge in [0.25, 0.3) is 0 Å². The monoisotopic (exact) mass is 301 g/mol. The molecule has 22 heavy (non-hydrogen) atoms. The zero-order valence-electron chi connectivity index (χ0n) is 13.4. The van der Waals surface area contributed by atoms with Gasteiger partial charge in [-0.15, -0.1) is 0 Å². The highest BCUT2D eigenvalue weighted by Crippen LogP contribution is 2.18. The van der Waals surface area contributed by atoms with Gasteiger partial charge < -0.3 is 10.1 Å². The smallest absolute Gasteiger partial charge is 0.220 e. The summed E-state index contributed by atoms with van der Waals surface area (Å²) in [7, 11) is 1.65. The Bertz CT molecular complexity index is 622. The van der Waals surface area contributed by atoms with Gasteiger partial charge in [-0.25, -0.2) is 0 Å². The van der Waals surface area contributed by atoms with Gasteiger partial charge in [0.15, 0.2) is 0 Å².